The Morgan fingerprint density at radius 3 is 2.92 bits per heavy atom. The fourth-order valence-electron chi connectivity index (χ4n) is 3.76. The fourth-order valence-corrected chi connectivity index (χ4v) is 3.76. The van der Waals surface area contributed by atoms with Crippen LogP contribution in [0.1, 0.15) is 24.9 Å². The molecule has 6 nitrogen and oxygen atoms in total. The van der Waals surface area contributed by atoms with E-state index in [-0.39, 0.29) is 24.3 Å². The van der Waals surface area contributed by atoms with E-state index in [9.17, 15) is 9.59 Å². The van der Waals surface area contributed by atoms with Gasteiger partial charge in [-0.2, -0.15) is 0 Å². The molecule has 1 fully saturated rings. The van der Waals surface area contributed by atoms with Crippen LogP contribution in [-0.4, -0.2) is 33.2 Å². The summed E-state index contributed by atoms with van der Waals surface area (Å²) in [7, 11) is 0. The molecule has 0 aliphatic carbocycles. The molecule has 0 saturated carbocycles. The van der Waals surface area contributed by atoms with Gasteiger partial charge < -0.3 is 15.2 Å². The summed E-state index contributed by atoms with van der Waals surface area (Å²) < 4.78 is 0. The first-order valence-electron chi connectivity index (χ1n) is 8.75. The topological polar surface area (TPSA) is 78.1 Å². The largest absolute Gasteiger partial charge is 0.359 e. The molecule has 3 aromatic rings. The third kappa shape index (κ3) is 2.73. The van der Waals surface area contributed by atoms with Crippen LogP contribution >= 0.6 is 0 Å². The van der Waals surface area contributed by atoms with Crippen molar-refractivity contribution in [2.75, 3.05) is 11.9 Å². The van der Waals surface area contributed by atoms with Crippen LogP contribution in [0.15, 0.2) is 55.0 Å². The molecule has 0 bridgehead atoms. The van der Waals surface area contributed by atoms with E-state index in [1.807, 2.05) is 43.3 Å². The summed E-state index contributed by atoms with van der Waals surface area (Å²) >= 11 is 0. The molecule has 0 radical (unpaired) electrons. The molecule has 132 valence electrons. The fraction of sp³-hybridized carbons (Fsp3) is 0.250. The monoisotopic (exact) mass is 348 g/mol. The highest BCUT2D eigenvalue weighted by atomic mass is 16.2. The number of benzene rings is 1. The first-order chi connectivity index (χ1) is 12.7. The Labute approximate surface area is 151 Å². The molecular formula is C20H20N4O2. The molecular weight excluding hydrogens is 328 g/mol. The lowest BCUT2D eigenvalue weighted by atomic mass is 9.93. The highest BCUT2D eigenvalue weighted by Gasteiger charge is 2.44. The number of pyridine rings is 1. The Kier molecular flexibility index (Phi) is 4.16. The number of aromatic amines is 1. The number of nitrogens with zero attached hydrogens (tertiary/aromatic N) is 2. The van der Waals surface area contributed by atoms with Crippen molar-refractivity contribution in [3.05, 3.63) is 60.6 Å². The molecule has 26 heavy (non-hydrogen) atoms. The van der Waals surface area contributed by atoms with Gasteiger partial charge in [0.2, 0.25) is 11.8 Å². The average Bonchev–Trinajstić information content (AvgIpc) is 3.23. The van der Waals surface area contributed by atoms with E-state index in [0.29, 0.717) is 6.54 Å². The number of anilines is 1. The van der Waals surface area contributed by atoms with Crippen LogP contribution in [-0.2, 0) is 9.59 Å². The predicted molar refractivity (Wildman–Crippen MR) is 99.4 cm³/mol. The maximum absolute atomic E-state index is 13.0. The predicted octanol–water partition coefficient (Wildman–Crippen LogP) is 3.11. The van der Waals surface area contributed by atoms with Crippen molar-refractivity contribution < 1.29 is 9.59 Å². The van der Waals surface area contributed by atoms with Gasteiger partial charge in [0.1, 0.15) is 0 Å². The minimum absolute atomic E-state index is 0.000398. The Morgan fingerprint density at radius 2 is 2.15 bits per heavy atom. The first kappa shape index (κ1) is 16.3. The van der Waals surface area contributed by atoms with E-state index in [1.165, 1.54) is 0 Å². The molecule has 0 unspecified atom stereocenters. The second kappa shape index (κ2) is 6.63. The number of fused-ring (bicyclic) bond motifs is 1. The first-order valence-corrected chi connectivity index (χ1v) is 8.75. The van der Waals surface area contributed by atoms with Crippen LogP contribution in [0.25, 0.3) is 10.9 Å². The Balaban J connectivity index is 1.64. The number of amides is 2. The van der Waals surface area contributed by atoms with Crippen molar-refractivity contribution in [3.63, 3.8) is 0 Å². The van der Waals surface area contributed by atoms with Crippen LogP contribution in [0.3, 0.4) is 0 Å². The quantitative estimate of drug-likeness (QED) is 0.760. The van der Waals surface area contributed by atoms with E-state index in [1.54, 1.807) is 23.5 Å². The third-order valence-corrected chi connectivity index (χ3v) is 4.98. The summed E-state index contributed by atoms with van der Waals surface area (Å²) in [5.74, 6) is -0.589. The summed E-state index contributed by atoms with van der Waals surface area (Å²) in [6.07, 6.45) is 5.42. The minimum atomic E-state index is -0.444. The zero-order valence-electron chi connectivity index (χ0n) is 14.5. The summed E-state index contributed by atoms with van der Waals surface area (Å²) in [6.45, 7) is 2.50. The minimum Gasteiger partial charge on any atom is -0.359 e. The molecule has 0 spiro atoms. The summed E-state index contributed by atoms with van der Waals surface area (Å²) in [5, 5.41) is 3.96. The number of carbonyl (C=O) groups is 2. The average molecular weight is 348 g/mol. The van der Waals surface area contributed by atoms with Crippen molar-refractivity contribution >= 4 is 28.4 Å². The molecule has 2 aromatic heterocycles. The Morgan fingerprint density at radius 1 is 1.31 bits per heavy atom. The van der Waals surface area contributed by atoms with Crippen molar-refractivity contribution in [1.82, 2.24) is 14.9 Å². The molecule has 3 heterocycles. The van der Waals surface area contributed by atoms with Crippen molar-refractivity contribution in [3.8, 4) is 0 Å². The molecule has 1 aliphatic rings. The number of hydrogen-bond donors (Lipinski definition) is 2. The van der Waals surface area contributed by atoms with E-state index in [2.05, 4.69) is 15.3 Å². The van der Waals surface area contributed by atoms with E-state index >= 15 is 0 Å². The van der Waals surface area contributed by atoms with Gasteiger partial charge in [-0.05, 0) is 24.6 Å². The lowest BCUT2D eigenvalue weighted by Crippen LogP contribution is -2.32. The number of para-hydroxylation sites is 1. The number of rotatable bonds is 4. The second-order valence-corrected chi connectivity index (χ2v) is 6.46. The van der Waals surface area contributed by atoms with Crippen molar-refractivity contribution in [2.45, 2.75) is 19.4 Å². The maximum atomic E-state index is 13.0. The smallest absolute Gasteiger partial charge is 0.230 e. The molecule has 2 amide bonds. The standard InChI is InChI=1S/C20H20N4O2/c1-2-24-18(25)10-15(19(24)13-6-5-9-21-11-13)20(26)23-17-12-22-16-8-4-3-7-14(16)17/h3-9,11-12,15,19,22H,2,10H2,1H3,(H,23,26)/t15-,19+/m0/s1. The van der Waals surface area contributed by atoms with Gasteiger partial charge >= 0.3 is 0 Å². The number of aromatic nitrogens is 2. The zero-order valence-corrected chi connectivity index (χ0v) is 14.5. The maximum Gasteiger partial charge on any atom is 0.230 e. The van der Waals surface area contributed by atoms with Gasteiger partial charge in [-0.25, -0.2) is 0 Å². The molecule has 4 rings (SSSR count). The highest BCUT2D eigenvalue weighted by Crippen LogP contribution is 2.38. The van der Waals surface area contributed by atoms with Gasteiger partial charge in [-0.15, -0.1) is 0 Å². The van der Waals surface area contributed by atoms with Crippen LogP contribution in [0.2, 0.25) is 0 Å². The van der Waals surface area contributed by atoms with E-state index in [0.717, 1.165) is 22.2 Å². The number of hydrogen-bond acceptors (Lipinski definition) is 3. The zero-order chi connectivity index (χ0) is 18.1. The van der Waals surface area contributed by atoms with Gasteiger partial charge in [0.15, 0.2) is 0 Å². The van der Waals surface area contributed by atoms with E-state index < -0.39 is 5.92 Å². The van der Waals surface area contributed by atoms with Crippen molar-refractivity contribution in [1.29, 1.82) is 0 Å². The molecule has 2 atom stereocenters. The van der Waals surface area contributed by atoms with Crippen LogP contribution in [0, 0.1) is 5.92 Å². The normalized spacial score (nSPS) is 19.9. The Bertz CT molecular complexity index is 951. The lowest BCUT2D eigenvalue weighted by molar-refractivity contribution is -0.129. The second-order valence-electron chi connectivity index (χ2n) is 6.46. The van der Waals surface area contributed by atoms with Gasteiger partial charge in [-0.1, -0.05) is 24.3 Å². The SMILES string of the molecule is CCN1C(=O)C[C@H](C(=O)Nc2c[nH]c3ccccc23)[C@H]1c1cccnc1. The van der Waals surface area contributed by atoms with Gasteiger partial charge in [0, 0.05) is 42.5 Å². The van der Waals surface area contributed by atoms with Gasteiger partial charge in [0.05, 0.1) is 17.6 Å². The third-order valence-electron chi connectivity index (χ3n) is 4.98. The van der Waals surface area contributed by atoms with E-state index in [4.69, 9.17) is 0 Å². The van der Waals surface area contributed by atoms with Crippen LogP contribution < -0.4 is 5.32 Å². The number of carbonyl (C=O) groups excluding carboxylic acids is 2. The van der Waals surface area contributed by atoms with Crippen molar-refractivity contribution in [2.24, 2.45) is 5.92 Å². The Hall–Kier alpha value is -3.15. The molecule has 1 aliphatic heterocycles. The summed E-state index contributed by atoms with van der Waals surface area (Å²) in [4.78, 5) is 34.5. The van der Waals surface area contributed by atoms with Gasteiger partial charge in [-0.3, -0.25) is 14.6 Å². The lowest BCUT2D eigenvalue weighted by Gasteiger charge is -2.26. The van der Waals surface area contributed by atoms with Gasteiger partial charge in [0.25, 0.3) is 0 Å². The van der Waals surface area contributed by atoms with Crippen LogP contribution in [0.5, 0.6) is 0 Å². The summed E-state index contributed by atoms with van der Waals surface area (Å²) in [5.41, 5.74) is 2.58. The van der Waals surface area contributed by atoms with Crippen LogP contribution in [0.4, 0.5) is 5.69 Å². The number of H-pyrrole nitrogens is 1. The summed E-state index contributed by atoms with van der Waals surface area (Å²) in [6, 6.07) is 11.3. The molecule has 1 saturated heterocycles. The molecule has 6 heteroatoms. The number of nitrogens with one attached hydrogen (secondary N) is 2. The molecule has 2 N–H and O–H groups in total. The molecule has 1 aromatic carbocycles. The highest BCUT2D eigenvalue weighted by molar-refractivity contribution is 6.04. The number of likely N-dealkylation sites (tertiary alicyclic amines) is 1.